The summed E-state index contributed by atoms with van der Waals surface area (Å²) in [4.78, 5) is 2.26. The van der Waals surface area contributed by atoms with Gasteiger partial charge in [-0.2, -0.15) is 11.8 Å². The molecule has 0 bridgehead atoms. The van der Waals surface area contributed by atoms with Crippen LogP contribution in [-0.4, -0.2) is 30.5 Å². The highest BCUT2D eigenvalue weighted by molar-refractivity contribution is 7.98. The molecule has 0 heterocycles. The van der Waals surface area contributed by atoms with Crippen LogP contribution in [0, 0.1) is 0 Å². The van der Waals surface area contributed by atoms with Gasteiger partial charge in [-0.3, -0.25) is 0 Å². The number of hydrogen-bond donors (Lipinski definition) is 1. The number of benzene rings is 1. The lowest BCUT2D eigenvalue weighted by Gasteiger charge is -2.16. The van der Waals surface area contributed by atoms with Crippen LogP contribution in [0.1, 0.15) is 5.56 Å². The molecule has 0 radical (unpaired) electrons. The van der Waals surface area contributed by atoms with Gasteiger partial charge in [0.05, 0.1) is 0 Å². The van der Waals surface area contributed by atoms with E-state index in [1.807, 2.05) is 23.9 Å². The zero-order valence-corrected chi connectivity index (χ0v) is 10.7. The Kier molecular flexibility index (Phi) is 5.29. The fraction of sp³-hybridized carbons (Fsp3) is 0.455. The Labute approximate surface area is 101 Å². The van der Waals surface area contributed by atoms with Crippen molar-refractivity contribution in [3.8, 4) is 0 Å². The van der Waals surface area contributed by atoms with Gasteiger partial charge >= 0.3 is 0 Å². The van der Waals surface area contributed by atoms with Gasteiger partial charge in [-0.25, -0.2) is 0 Å². The van der Waals surface area contributed by atoms with Crippen LogP contribution in [0.25, 0.3) is 0 Å². The molecule has 1 aromatic rings. The molecular weight excluding hydrogens is 228 g/mol. The van der Waals surface area contributed by atoms with Crippen LogP contribution in [0.5, 0.6) is 0 Å². The molecule has 1 rings (SSSR count). The maximum Gasteiger partial charge on any atom is 0.0471 e. The van der Waals surface area contributed by atoms with E-state index in [0.717, 1.165) is 35.1 Å². The number of hydrogen-bond acceptors (Lipinski definition) is 3. The molecule has 0 aliphatic heterocycles. The first-order valence-electron chi connectivity index (χ1n) is 4.85. The third-order valence-corrected chi connectivity index (χ3v) is 3.14. The second kappa shape index (κ2) is 6.26. The maximum absolute atomic E-state index is 6.10. The Bertz CT molecular complexity index is 317. The summed E-state index contributed by atoms with van der Waals surface area (Å²) < 4.78 is 0. The van der Waals surface area contributed by atoms with Gasteiger partial charge in [-0.1, -0.05) is 17.7 Å². The van der Waals surface area contributed by atoms with E-state index in [4.69, 9.17) is 17.3 Å². The number of halogens is 1. The number of nitrogens with zero attached hydrogens (tertiary/aromatic N) is 1. The maximum atomic E-state index is 6.10. The Morgan fingerprint density at radius 2 is 2.20 bits per heavy atom. The number of thioether (sulfide) groups is 1. The lowest BCUT2D eigenvalue weighted by molar-refractivity contribution is 0.349. The zero-order valence-electron chi connectivity index (χ0n) is 9.16. The van der Waals surface area contributed by atoms with Crippen LogP contribution in [0.15, 0.2) is 18.2 Å². The lowest BCUT2D eigenvalue weighted by Crippen LogP contribution is -2.20. The summed E-state index contributed by atoms with van der Waals surface area (Å²) in [5, 5.41) is 0.756. The molecule has 0 spiro atoms. The molecule has 4 heteroatoms. The van der Waals surface area contributed by atoms with Crippen LogP contribution >= 0.6 is 23.4 Å². The Morgan fingerprint density at radius 3 is 2.80 bits per heavy atom. The van der Waals surface area contributed by atoms with Gasteiger partial charge in [0, 0.05) is 29.6 Å². The molecule has 15 heavy (non-hydrogen) atoms. The fourth-order valence-electron chi connectivity index (χ4n) is 1.31. The van der Waals surface area contributed by atoms with Crippen molar-refractivity contribution in [2.45, 2.75) is 6.54 Å². The average molecular weight is 245 g/mol. The minimum atomic E-state index is 0.718. The number of anilines is 1. The molecule has 0 aliphatic carbocycles. The highest BCUT2D eigenvalue weighted by atomic mass is 35.5. The largest absolute Gasteiger partial charge is 0.399 e. The van der Waals surface area contributed by atoms with E-state index in [1.165, 1.54) is 0 Å². The number of nitrogen functional groups attached to an aromatic ring is 1. The standard InChI is InChI=1S/C11H17ClN2S/c1-14(5-6-15-2)8-9-3-4-10(13)7-11(9)12/h3-4,7H,5-6,8,13H2,1-2H3. The van der Waals surface area contributed by atoms with Crippen LogP contribution in [0.3, 0.4) is 0 Å². The summed E-state index contributed by atoms with van der Waals surface area (Å²) in [6, 6.07) is 5.69. The van der Waals surface area contributed by atoms with E-state index in [2.05, 4.69) is 18.2 Å². The predicted octanol–water partition coefficient (Wildman–Crippen LogP) is 2.72. The van der Waals surface area contributed by atoms with Crippen molar-refractivity contribution in [2.75, 3.05) is 31.3 Å². The molecule has 0 amide bonds. The molecule has 0 saturated carbocycles. The smallest absolute Gasteiger partial charge is 0.0471 e. The first-order valence-corrected chi connectivity index (χ1v) is 6.62. The minimum absolute atomic E-state index is 0.718. The summed E-state index contributed by atoms with van der Waals surface area (Å²) >= 11 is 7.95. The van der Waals surface area contributed by atoms with E-state index < -0.39 is 0 Å². The van der Waals surface area contributed by atoms with Crippen LogP contribution < -0.4 is 5.73 Å². The zero-order chi connectivity index (χ0) is 11.3. The van der Waals surface area contributed by atoms with Crippen molar-refractivity contribution in [1.82, 2.24) is 4.90 Å². The van der Waals surface area contributed by atoms with Gasteiger partial charge in [0.15, 0.2) is 0 Å². The topological polar surface area (TPSA) is 29.3 Å². The molecule has 2 nitrogen and oxygen atoms in total. The minimum Gasteiger partial charge on any atom is -0.399 e. The van der Waals surface area contributed by atoms with Crippen molar-refractivity contribution in [3.63, 3.8) is 0 Å². The molecular formula is C11H17ClN2S. The van der Waals surface area contributed by atoms with Gasteiger partial charge in [0.1, 0.15) is 0 Å². The molecule has 0 aromatic heterocycles. The quantitative estimate of drug-likeness (QED) is 0.808. The normalized spacial score (nSPS) is 10.9. The van der Waals surface area contributed by atoms with E-state index in [1.54, 1.807) is 6.07 Å². The first kappa shape index (κ1) is 12.7. The average Bonchev–Trinajstić information content (AvgIpc) is 2.19. The Morgan fingerprint density at radius 1 is 1.47 bits per heavy atom. The van der Waals surface area contributed by atoms with Crippen molar-refractivity contribution >= 4 is 29.1 Å². The van der Waals surface area contributed by atoms with Gasteiger partial charge in [-0.05, 0) is 31.0 Å². The second-order valence-corrected chi connectivity index (χ2v) is 4.97. The molecule has 0 unspecified atom stereocenters. The third kappa shape index (κ3) is 4.33. The highest BCUT2D eigenvalue weighted by Crippen LogP contribution is 2.20. The summed E-state index contributed by atoms with van der Waals surface area (Å²) in [5.74, 6) is 1.14. The van der Waals surface area contributed by atoms with Crippen molar-refractivity contribution in [3.05, 3.63) is 28.8 Å². The summed E-state index contributed by atoms with van der Waals surface area (Å²) in [5.41, 5.74) is 7.49. The number of rotatable bonds is 5. The third-order valence-electron chi connectivity index (χ3n) is 2.19. The van der Waals surface area contributed by atoms with Gasteiger partial charge in [-0.15, -0.1) is 0 Å². The molecule has 84 valence electrons. The molecule has 1 aromatic carbocycles. The summed E-state index contributed by atoms with van der Waals surface area (Å²) in [6.45, 7) is 1.95. The van der Waals surface area contributed by atoms with E-state index >= 15 is 0 Å². The Hall–Kier alpha value is -0.380. The van der Waals surface area contributed by atoms with Crippen molar-refractivity contribution in [1.29, 1.82) is 0 Å². The monoisotopic (exact) mass is 244 g/mol. The molecule has 2 N–H and O–H groups in total. The summed E-state index contributed by atoms with van der Waals surface area (Å²) in [7, 11) is 2.10. The van der Waals surface area contributed by atoms with E-state index in [0.29, 0.717) is 0 Å². The molecule has 0 saturated heterocycles. The predicted molar refractivity (Wildman–Crippen MR) is 70.6 cm³/mol. The Balaban J connectivity index is 2.56. The molecule has 0 aliphatic rings. The molecule has 0 fully saturated rings. The van der Waals surface area contributed by atoms with Crippen LogP contribution in [0.4, 0.5) is 5.69 Å². The molecule has 0 atom stereocenters. The van der Waals surface area contributed by atoms with Crippen molar-refractivity contribution < 1.29 is 0 Å². The van der Waals surface area contributed by atoms with Crippen molar-refractivity contribution in [2.24, 2.45) is 0 Å². The van der Waals surface area contributed by atoms with Gasteiger partial charge in [0.25, 0.3) is 0 Å². The fourth-order valence-corrected chi connectivity index (χ4v) is 2.05. The van der Waals surface area contributed by atoms with E-state index in [9.17, 15) is 0 Å². The van der Waals surface area contributed by atoms with Gasteiger partial charge < -0.3 is 10.6 Å². The second-order valence-electron chi connectivity index (χ2n) is 3.58. The van der Waals surface area contributed by atoms with Crippen LogP contribution in [-0.2, 0) is 6.54 Å². The SMILES string of the molecule is CSCCN(C)Cc1ccc(N)cc1Cl. The van der Waals surface area contributed by atoms with E-state index in [-0.39, 0.29) is 0 Å². The lowest BCUT2D eigenvalue weighted by atomic mass is 10.2. The first-order chi connectivity index (χ1) is 7.13. The summed E-state index contributed by atoms with van der Waals surface area (Å²) in [6.07, 6.45) is 2.12. The van der Waals surface area contributed by atoms with Crippen LogP contribution in [0.2, 0.25) is 5.02 Å². The number of nitrogens with two attached hydrogens (primary N) is 1. The van der Waals surface area contributed by atoms with Gasteiger partial charge in [0.2, 0.25) is 0 Å². The highest BCUT2D eigenvalue weighted by Gasteiger charge is 2.04.